The molecule has 2 bridgehead atoms. The van der Waals surface area contributed by atoms with Crippen molar-refractivity contribution in [2.45, 2.75) is 60.7 Å². The second-order valence-electron chi connectivity index (χ2n) is 10.1. The molecular weight excluding hydrogens is 496 g/mol. The number of sulfonamides is 1. The van der Waals surface area contributed by atoms with E-state index in [1.165, 1.54) is 25.8 Å². The van der Waals surface area contributed by atoms with E-state index in [1.54, 1.807) is 13.2 Å². The lowest BCUT2D eigenvalue weighted by molar-refractivity contribution is -0.245. The van der Waals surface area contributed by atoms with Crippen molar-refractivity contribution in [3.05, 3.63) is 40.4 Å². The van der Waals surface area contributed by atoms with E-state index >= 15 is 0 Å². The topological polar surface area (TPSA) is 135 Å². The molecule has 4 aliphatic rings. The third-order valence-electron chi connectivity index (χ3n) is 7.53. The first-order valence-electron chi connectivity index (χ1n) is 11.7. The van der Waals surface area contributed by atoms with Crippen molar-refractivity contribution in [2.75, 3.05) is 18.4 Å². The van der Waals surface area contributed by atoms with Crippen LogP contribution in [0.25, 0.3) is 11.0 Å². The standard InChI is InChI=1S/C22H25F2N7O4S/c1-29-5-4-16(28-29)36(34,35)30-6-2-14(3-7-30)26-20-25-9-13-8-15(17(23)24)19(32)31(18(13)27-20)21-10-22(33,11-21)12-21/h4-5,8-9,14,17,33H,2-3,6-7,10-12H2,1H3,(H,25,26,27). The van der Waals surface area contributed by atoms with Gasteiger partial charge < -0.3 is 10.4 Å². The van der Waals surface area contributed by atoms with Crippen LogP contribution in [0.3, 0.4) is 0 Å². The Hall–Kier alpha value is -2.97. The van der Waals surface area contributed by atoms with Crippen LogP contribution in [0.1, 0.15) is 44.1 Å². The van der Waals surface area contributed by atoms with E-state index in [-0.39, 0.29) is 35.8 Å². The van der Waals surface area contributed by atoms with E-state index in [2.05, 4.69) is 20.4 Å². The van der Waals surface area contributed by atoms with Gasteiger partial charge in [0.15, 0.2) is 5.03 Å². The van der Waals surface area contributed by atoms with E-state index in [1.807, 2.05) is 0 Å². The molecular formula is C22H25F2N7O4S. The number of aromatic nitrogens is 5. The lowest BCUT2D eigenvalue weighted by atomic mass is 9.46. The third kappa shape index (κ3) is 3.53. The number of rotatable bonds is 6. The van der Waals surface area contributed by atoms with Crippen LogP contribution in [0.5, 0.6) is 0 Å². The highest BCUT2D eigenvalue weighted by Crippen LogP contribution is 2.65. The lowest BCUT2D eigenvalue weighted by Gasteiger charge is -2.67. The van der Waals surface area contributed by atoms with Crippen LogP contribution >= 0.6 is 0 Å². The van der Waals surface area contributed by atoms with Gasteiger partial charge in [-0.15, -0.1) is 0 Å². The number of piperidine rings is 1. The van der Waals surface area contributed by atoms with Crippen molar-refractivity contribution in [1.29, 1.82) is 0 Å². The predicted octanol–water partition coefficient (Wildman–Crippen LogP) is 1.35. The van der Waals surface area contributed by atoms with Gasteiger partial charge in [0.25, 0.3) is 22.0 Å². The van der Waals surface area contributed by atoms with Crippen LogP contribution in [0, 0.1) is 0 Å². The molecule has 4 heterocycles. The Labute approximate surface area is 204 Å². The van der Waals surface area contributed by atoms with Crippen molar-refractivity contribution in [3.8, 4) is 0 Å². The van der Waals surface area contributed by atoms with Gasteiger partial charge in [0.1, 0.15) is 5.65 Å². The summed E-state index contributed by atoms with van der Waals surface area (Å²) in [6.07, 6.45) is 2.05. The van der Waals surface area contributed by atoms with Gasteiger partial charge in [0.05, 0.1) is 16.7 Å². The molecule has 3 aromatic rings. The molecule has 0 spiro atoms. The minimum Gasteiger partial charge on any atom is -0.390 e. The van der Waals surface area contributed by atoms with Gasteiger partial charge >= 0.3 is 0 Å². The van der Waals surface area contributed by atoms with Gasteiger partial charge in [-0.3, -0.25) is 14.0 Å². The fourth-order valence-electron chi connectivity index (χ4n) is 5.79. The highest BCUT2D eigenvalue weighted by Gasteiger charge is 2.69. The number of halogens is 2. The average Bonchev–Trinajstić information content (AvgIpc) is 3.24. The lowest BCUT2D eigenvalue weighted by Crippen LogP contribution is -2.74. The summed E-state index contributed by atoms with van der Waals surface area (Å²) < 4.78 is 56.9. The quantitative estimate of drug-likeness (QED) is 0.496. The molecule has 11 nitrogen and oxygen atoms in total. The van der Waals surface area contributed by atoms with Gasteiger partial charge in [-0.2, -0.15) is 14.4 Å². The zero-order valence-electron chi connectivity index (χ0n) is 19.4. The SMILES string of the molecule is Cn1ccc(S(=O)(=O)N2CCC(Nc3ncc4cc(C(F)F)c(=O)n(C56CC(O)(C5)C6)c4n3)CC2)n1. The molecule has 192 valence electrons. The molecule has 14 heteroatoms. The third-order valence-corrected chi connectivity index (χ3v) is 9.32. The smallest absolute Gasteiger partial charge is 0.269 e. The van der Waals surface area contributed by atoms with Crippen LogP contribution in [-0.2, 0) is 22.6 Å². The first kappa shape index (κ1) is 23.4. The molecule has 0 atom stereocenters. The van der Waals surface area contributed by atoms with Crippen molar-refractivity contribution < 1.29 is 22.3 Å². The highest BCUT2D eigenvalue weighted by atomic mass is 32.2. The van der Waals surface area contributed by atoms with Crippen molar-refractivity contribution in [3.63, 3.8) is 0 Å². The number of alkyl halides is 2. The molecule has 3 saturated carbocycles. The number of nitrogens with one attached hydrogen (secondary N) is 1. The maximum absolute atomic E-state index is 13.6. The Morgan fingerprint density at radius 2 is 1.92 bits per heavy atom. The van der Waals surface area contributed by atoms with E-state index in [9.17, 15) is 27.1 Å². The van der Waals surface area contributed by atoms with Gasteiger partial charge in [-0.05, 0) is 25.0 Å². The highest BCUT2D eigenvalue weighted by molar-refractivity contribution is 7.89. The van der Waals surface area contributed by atoms with Crippen LogP contribution in [0.2, 0.25) is 0 Å². The summed E-state index contributed by atoms with van der Waals surface area (Å²) in [6, 6.07) is 2.48. The van der Waals surface area contributed by atoms with E-state index < -0.39 is 38.7 Å². The van der Waals surface area contributed by atoms with Crippen molar-refractivity contribution in [2.24, 2.45) is 7.05 Å². The monoisotopic (exact) mass is 521 g/mol. The summed E-state index contributed by atoms with van der Waals surface area (Å²) in [5, 5.41) is 17.8. The number of pyridine rings is 1. The molecule has 36 heavy (non-hydrogen) atoms. The molecule has 0 radical (unpaired) electrons. The molecule has 0 aromatic carbocycles. The van der Waals surface area contributed by atoms with Crippen LogP contribution in [0.15, 0.2) is 34.3 Å². The fourth-order valence-corrected chi connectivity index (χ4v) is 7.21. The largest absolute Gasteiger partial charge is 0.390 e. The minimum absolute atomic E-state index is 0.00803. The average molecular weight is 522 g/mol. The Morgan fingerprint density at radius 1 is 1.22 bits per heavy atom. The molecule has 1 saturated heterocycles. The molecule has 2 N–H and O–H groups in total. The van der Waals surface area contributed by atoms with Gasteiger partial charge in [-0.1, -0.05) is 0 Å². The Bertz CT molecular complexity index is 1510. The molecule has 1 aliphatic heterocycles. The van der Waals surface area contributed by atoms with Crippen LogP contribution < -0.4 is 10.9 Å². The van der Waals surface area contributed by atoms with Gasteiger partial charge in [0, 0.05) is 63.2 Å². The zero-order chi connectivity index (χ0) is 25.5. The Morgan fingerprint density at radius 3 is 2.50 bits per heavy atom. The molecule has 0 unspecified atom stereocenters. The Balaban J connectivity index is 1.24. The second-order valence-corrected chi connectivity index (χ2v) is 12.0. The summed E-state index contributed by atoms with van der Waals surface area (Å²) >= 11 is 0. The summed E-state index contributed by atoms with van der Waals surface area (Å²) in [5.41, 5.74) is -2.68. The summed E-state index contributed by atoms with van der Waals surface area (Å²) in [5.74, 6) is 0.233. The summed E-state index contributed by atoms with van der Waals surface area (Å²) in [4.78, 5) is 21.8. The fraction of sp³-hybridized carbons (Fsp3) is 0.545. The number of aryl methyl sites for hydroxylation is 1. The molecule has 4 fully saturated rings. The number of nitrogens with zero attached hydrogens (tertiary/aromatic N) is 6. The maximum atomic E-state index is 13.6. The zero-order valence-corrected chi connectivity index (χ0v) is 20.2. The number of hydrogen-bond donors (Lipinski definition) is 2. The Kier molecular flexibility index (Phi) is 5.05. The molecule has 3 aromatic heterocycles. The van der Waals surface area contributed by atoms with Crippen molar-refractivity contribution >= 4 is 27.0 Å². The van der Waals surface area contributed by atoms with Gasteiger partial charge in [0.2, 0.25) is 5.95 Å². The number of hydrogen-bond acceptors (Lipinski definition) is 8. The van der Waals surface area contributed by atoms with Gasteiger partial charge in [-0.25, -0.2) is 22.2 Å². The van der Waals surface area contributed by atoms with Crippen molar-refractivity contribution in [1.82, 2.24) is 28.6 Å². The minimum atomic E-state index is -3.68. The van der Waals surface area contributed by atoms with E-state index in [0.29, 0.717) is 37.5 Å². The molecule has 7 rings (SSSR count). The normalized spacial score (nSPS) is 26.7. The first-order valence-corrected chi connectivity index (χ1v) is 13.1. The number of fused-ring (bicyclic) bond motifs is 1. The van der Waals surface area contributed by atoms with Crippen LogP contribution in [-0.4, -0.2) is 66.9 Å². The van der Waals surface area contributed by atoms with Crippen LogP contribution in [0.4, 0.5) is 14.7 Å². The number of anilines is 1. The summed E-state index contributed by atoms with van der Waals surface area (Å²) in [7, 11) is -2.02. The molecule has 3 aliphatic carbocycles. The van der Waals surface area contributed by atoms with E-state index in [0.717, 1.165) is 6.07 Å². The first-order chi connectivity index (χ1) is 17.0. The van der Waals surface area contributed by atoms with E-state index in [4.69, 9.17) is 0 Å². The predicted molar refractivity (Wildman–Crippen MR) is 124 cm³/mol. The number of aliphatic hydroxyl groups is 1. The second kappa shape index (κ2) is 7.76. The maximum Gasteiger partial charge on any atom is 0.269 e. The molecule has 0 amide bonds. The summed E-state index contributed by atoms with van der Waals surface area (Å²) in [6.45, 7) is 0.572.